The Kier molecular flexibility index (Phi) is 10.3. The van der Waals surface area contributed by atoms with Crippen LogP contribution in [0.1, 0.15) is 79.6 Å². The number of unbranched alkanes of at least 4 members (excludes halogenated alkanes) is 3. The average molecular weight is 459 g/mol. The van der Waals surface area contributed by atoms with Crippen molar-refractivity contribution in [1.82, 2.24) is 0 Å². The number of ether oxygens (including phenoxy) is 1. The Hall–Kier alpha value is -1.98. The van der Waals surface area contributed by atoms with Crippen molar-refractivity contribution in [3.05, 3.63) is 47.1 Å². The zero-order valence-corrected chi connectivity index (χ0v) is 21.0. The lowest BCUT2D eigenvalue weighted by Crippen LogP contribution is -2.55. The van der Waals surface area contributed by atoms with Crippen molar-refractivity contribution in [2.75, 3.05) is 6.61 Å². The summed E-state index contributed by atoms with van der Waals surface area (Å²) >= 11 is 0. The number of ketones is 1. The molecule has 2 N–H and O–H groups in total. The molecular formula is C28H42O5. The highest BCUT2D eigenvalue weighted by Crippen LogP contribution is 2.54. The monoisotopic (exact) mass is 458 g/mol. The number of hydrogen-bond acceptors (Lipinski definition) is 5. The van der Waals surface area contributed by atoms with Gasteiger partial charge in [0.1, 0.15) is 12.2 Å². The predicted molar refractivity (Wildman–Crippen MR) is 131 cm³/mol. The number of aliphatic hydroxyl groups is 2. The van der Waals surface area contributed by atoms with Crippen LogP contribution in [0.5, 0.6) is 0 Å². The maximum Gasteiger partial charge on any atom is 0.331 e. The molecule has 0 aromatic rings. The first-order chi connectivity index (χ1) is 15.7. The van der Waals surface area contributed by atoms with Crippen molar-refractivity contribution >= 4 is 11.8 Å². The van der Waals surface area contributed by atoms with Gasteiger partial charge < -0.3 is 14.9 Å². The molecule has 0 aromatic carbocycles. The van der Waals surface area contributed by atoms with E-state index in [2.05, 4.69) is 26.0 Å². The maximum absolute atomic E-state index is 12.7. The quantitative estimate of drug-likeness (QED) is 0.214. The Balaban J connectivity index is 2.01. The molecule has 0 spiro atoms. The van der Waals surface area contributed by atoms with Gasteiger partial charge in [0.2, 0.25) is 0 Å². The summed E-state index contributed by atoms with van der Waals surface area (Å²) in [7, 11) is 0. The molecule has 0 heterocycles. The first kappa shape index (κ1) is 27.3. The van der Waals surface area contributed by atoms with Crippen LogP contribution in [0.25, 0.3) is 0 Å². The topological polar surface area (TPSA) is 83.8 Å². The molecule has 5 atom stereocenters. The fourth-order valence-electron chi connectivity index (χ4n) is 5.25. The molecule has 0 saturated heterocycles. The Morgan fingerprint density at radius 3 is 2.61 bits per heavy atom. The summed E-state index contributed by atoms with van der Waals surface area (Å²) in [6, 6.07) is 0. The fourth-order valence-corrected chi connectivity index (χ4v) is 5.25. The summed E-state index contributed by atoms with van der Waals surface area (Å²) < 4.78 is 5.80. The number of Topliss-reactive ketones (excluding diaryl/α,β-unsaturated/α-hetero) is 1. The number of allylic oxidation sites excluding steroid dienone is 5. The van der Waals surface area contributed by atoms with Gasteiger partial charge in [0.25, 0.3) is 0 Å². The molecule has 0 radical (unpaired) electrons. The normalized spacial score (nSPS) is 32.3. The fraction of sp³-hybridized carbons (Fsp3) is 0.643. The molecule has 0 bridgehead atoms. The predicted octanol–water partition coefficient (Wildman–Crippen LogP) is 5.23. The second kappa shape index (κ2) is 12.5. The van der Waals surface area contributed by atoms with Crippen molar-refractivity contribution in [1.29, 1.82) is 0 Å². The van der Waals surface area contributed by atoms with Crippen LogP contribution in [-0.2, 0) is 14.3 Å². The van der Waals surface area contributed by atoms with E-state index in [4.69, 9.17) is 4.74 Å². The standard InChI is InChI=1S/C28H42O5/c1-6-7-8-9-10-12-19(2)13-11-14-25(30)33-24-16-15-23-27(32)26(31)22(20(3)18-29)17-28(23,5)21(24)4/h10-14,21,23-24,27,29,32H,6-9,15-18H2,1-5H3. The van der Waals surface area contributed by atoms with Gasteiger partial charge in [0, 0.05) is 6.08 Å². The Labute approximate surface area is 199 Å². The van der Waals surface area contributed by atoms with Crippen molar-refractivity contribution in [3.63, 3.8) is 0 Å². The molecule has 5 heteroatoms. The summed E-state index contributed by atoms with van der Waals surface area (Å²) in [5.74, 6) is -0.840. The van der Waals surface area contributed by atoms with Crippen LogP contribution >= 0.6 is 0 Å². The maximum atomic E-state index is 12.7. The number of carbonyl (C=O) groups excluding carboxylic acids is 2. The SMILES string of the molecule is CCCCCC=CC(C)=CC=CC(=O)OC1CCC2C(O)C(=O)C(=C(C)CO)CC2(C)C1C. The number of fused-ring (bicyclic) bond motifs is 1. The molecule has 33 heavy (non-hydrogen) atoms. The van der Waals surface area contributed by atoms with Gasteiger partial charge in [-0.1, -0.05) is 63.5 Å². The molecular weight excluding hydrogens is 416 g/mol. The minimum Gasteiger partial charge on any atom is -0.459 e. The number of aliphatic hydroxyl groups excluding tert-OH is 2. The van der Waals surface area contributed by atoms with Gasteiger partial charge in [0.05, 0.1) is 6.61 Å². The van der Waals surface area contributed by atoms with E-state index in [0.717, 1.165) is 12.0 Å². The van der Waals surface area contributed by atoms with E-state index in [1.807, 2.05) is 19.9 Å². The summed E-state index contributed by atoms with van der Waals surface area (Å²) in [4.78, 5) is 25.1. The number of hydrogen-bond donors (Lipinski definition) is 2. The second-order valence-electron chi connectivity index (χ2n) is 10.0. The third-order valence-corrected chi connectivity index (χ3v) is 7.68. The van der Waals surface area contributed by atoms with E-state index >= 15 is 0 Å². The van der Waals surface area contributed by atoms with Crippen LogP contribution in [0, 0.1) is 17.3 Å². The van der Waals surface area contributed by atoms with Gasteiger partial charge in [-0.05, 0) is 74.3 Å². The van der Waals surface area contributed by atoms with Crippen LogP contribution < -0.4 is 0 Å². The Bertz CT molecular complexity index is 818. The van der Waals surface area contributed by atoms with Gasteiger partial charge in [-0.25, -0.2) is 4.79 Å². The summed E-state index contributed by atoms with van der Waals surface area (Å²) in [5.41, 5.74) is 1.82. The lowest BCUT2D eigenvalue weighted by atomic mass is 9.53. The molecule has 2 rings (SSSR count). The van der Waals surface area contributed by atoms with Gasteiger partial charge >= 0.3 is 5.97 Å². The third kappa shape index (κ3) is 6.77. The van der Waals surface area contributed by atoms with E-state index in [9.17, 15) is 19.8 Å². The molecule has 0 aliphatic heterocycles. The molecule has 5 unspecified atom stereocenters. The highest BCUT2D eigenvalue weighted by Gasteiger charge is 2.55. The van der Waals surface area contributed by atoms with Crippen LogP contribution in [0.3, 0.4) is 0 Å². The van der Waals surface area contributed by atoms with Crippen LogP contribution in [-0.4, -0.2) is 40.8 Å². The zero-order valence-electron chi connectivity index (χ0n) is 21.0. The van der Waals surface area contributed by atoms with Crippen molar-refractivity contribution in [3.8, 4) is 0 Å². The van der Waals surface area contributed by atoms with Gasteiger partial charge in [-0.15, -0.1) is 0 Å². The van der Waals surface area contributed by atoms with E-state index in [1.54, 1.807) is 13.0 Å². The molecule has 184 valence electrons. The lowest BCUT2D eigenvalue weighted by Gasteiger charge is -2.53. The number of esters is 1. The summed E-state index contributed by atoms with van der Waals surface area (Å²) in [5, 5.41) is 20.2. The molecule has 5 nitrogen and oxygen atoms in total. The Morgan fingerprint density at radius 1 is 1.21 bits per heavy atom. The second-order valence-corrected chi connectivity index (χ2v) is 10.0. The Morgan fingerprint density at radius 2 is 1.94 bits per heavy atom. The van der Waals surface area contributed by atoms with E-state index in [-0.39, 0.29) is 41.7 Å². The van der Waals surface area contributed by atoms with Crippen LogP contribution in [0.2, 0.25) is 0 Å². The molecule has 2 aliphatic rings. The largest absolute Gasteiger partial charge is 0.459 e. The highest BCUT2D eigenvalue weighted by molar-refractivity contribution is 6.00. The first-order valence-corrected chi connectivity index (χ1v) is 12.4. The van der Waals surface area contributed by atoms with Crippen LogP contribution in [0.4, 0.5) is 0 Å². The van der Waals surface area contributed by atoms with Gasteiger partial charge in [-0.2, -0.15) is 0 Å². The third-order valence-electron chi connectivity index (χ3n) is 7.68. The van der Waals surface area contributed by atoms with Crippen molar-refractivity contribution in [2.24, 2.45) is 17.3 Å². The number of carbonyl (C=O) groups is 2. The zero-order chi connectivity index (χ0) is 24.6. The minimum absolute atomic E-state index is 0.0267. The summed E-state index contributed by atoms with van der Waals surface area (Å²) in [6.07, 6.45) is 14.4. The average Bonchev–Trinajstić information content (AvgIpc) is 2.78. The lowest BCUT2D eigenvalue weighted by molar-refractivity contribution is -0.164. The smallest absolute Gasteiger partial charge is 0.331 e. The van der Waals surface area contributed by atoms with E-state index in [0.29, 0.717) is 30.4 Å². The minimum atomic E-state index is -1.07. The van der Waals surface area contributed by atoms with Crippen molar-refractivity contribution < 1.29 is 24.5 Å². The molecule has 0 aromatic heterocycles. The highest BCUT2D eigenvalue weighted by atomic mass is 16.5. The van der Waals surface area contributed by atoms with E-state index in [1.165, 1.54) is 25.3 Å². The van der Waals surface area contributed by atoms with Gasteiger partial charge in [0.15, 0.2) is 5.78 Å². The molecule has 2 saturated carbocycles. The van der Waals surface area contributed by atoms with Crippen LogP contribution in [0.15, 0.2) is 47.1 Å². The van der Waals surface area contributed by atoms with Crippen molar-refractivity contribution in [2.45, 2.75) is 91.8 Å². The number of rotatable bonds is 9. The summed E-state index contributed by atoms with van der Waals surface area (Å²) in [6.45, 7) is 9.83. The van der Waals surface area contributed by atoms with Gasteiger partial charge in [-0.3, -0.25) is 4.79 Å². The molecule has 0 amide bonds. The van der Waals surface area contributed by atoms with E-state index < -0.39 is 6.10 Å². The first-order valence-electron chi connectivity index (χ1n) is 12.4. The molecule has 2 fully saturated rings. The molecule has 2 aliphatic carbocycles.